The number of nitrogens with zero attached hydrogens (tertiary/aromatic N) is 3. The predicted octanol–water partition coefficient (Wildman–Crippen LogP) is 1.82. The molecule has 0 atom stereocenters. The Morgan fingerprint density at radius 2 is 2.22 bits per heavy atom. The lowest BCUT2D eigenvalue weighted by molar-refractivity contribution is 0.489. The van der Waals surface area contributed by atoms with Crippen molar-refractivity contribution in [1.29, 1.82) is 0 Å². The second kappa shape index (κ2) is 5.27. The molecule has 2 heterocycles. The molecular formula is C13H16N4O. The van der Waals surface area contributed by atoms with Gasteiger partial charge < -0.3 is 9.73 Å². The first-order chi connectivity index (χ1) is 8.92. The highest BCUT2D eigenvalue weighted by Crippen LogP contribution is 2.18. The van der Waals surface area contributed by atoms with Crippen molar-refractivity contribution in [3.05, 3.63) is 30.3 Å². The van der Waals surface area contributed by atoms with Crippen molar-refractivity contribution < 1.29 is 4.42 Å². The zero-order valence-electron chi connectivity index (χ0n) is 10.2. The minimum absolute atomic E-state index is 0.501. The number of aromatic nitrogens is 3. The summed E-state index contributed by atoms with van der Waals surface area (Å²) in [5.41, 5.74) is 0.729. The molecule has 3 rings (SSSR count). The molecule has 94 valence electrons. The van der Waals surface area contributed by atoms with Gasteiger partial charge in [0.2, 0.25) is 5.89 Å². The van der Waals surface area contributed by atoms with Gasteiger partial charge in [0.1, 0.15) is 5.69 Å². The van der Waals surface area contributed by atoms with Crippen molar-refractivity contribution in [3.63, 3.8) is 0 Å². The lowest BCUT2D eigenvalue weighted by Gasteiger charge is -1.99. The van der Waals surface area contributed by atoms with Gasteiger partial charge in [-0.3, -0.25) is 4.98 Å². The van der Waals surface area contributed by atoms with Crippen LogP contribution in [0.15, 0.2) is 28.8 Å². The number of aryl methyl sites for hydroxylation is 1. The van der Waals surface area contributed by atoms with Crippen molar-refractivity contribution in [2.24, 2.45) is 0 Å². The minimum atomic E-state index is 0.501. The van der Waals surface area contributed by atoms with Gasteiger partial charge in [-0.1, -0.05) is 6.07 Å². The Morgan fingerprint density at radius 3 is 3.00 bits per heavy atom. The monoisotopic (exact) mass is 244 g/mol. The summed E-state index contributed by atoms with van der Waals surface area (Å²) in [5, 5.41) is 11.5. The summed E-state index contributed by atoms with van der Waals surface area (Å²) in [5.74, 6) is 1.19. The first kappa shape index (κ1) is 11.3. The SMILES string of the molecule is c1ccc(-c2nnc(CCCNC3CC3)o2)nc1. The summed E-state index contributed by atoms with van der Waals surface area (Å²) in [4.78, 5) is 4.18. The predicted molar refractivity (Wildman–Crippen MR) is 66.9 cm³/mol. The third kappa shape index (κ3) is 2.92. The van der Waals surface area contributed by atoms with E-state index in [-0.39, 0.29) is 0 Å². The normalized spacial score (nSPS) is 14.9. The van der Waals surface area contributed by atoms with Crippen LogP contribution in [-0.2, 0) is 6.42 Å². The summed E-state index contributed by atoms with van der Waals surface area (Å²) in [6.45, 7) is 1.02. The molecule has 18 heavy (non-hydrogen) atoms. The van der Waals surface area contributed by atoms with Gasteiger partial charge in [0.05, 0.1) is 0 Å². The van der Waals surface area contributed by atoms with Gasteiger partial charge in [-0.25, -0.2) is 0 Å². The van der Waals surface area contributed by atoms with Crippen LogP contribution in [0.2, 0.25) is 0 Å². The molecule has 0 aromatic carbocycles. The highest BCUT2D eigenvalue weighted by Gasteiger charge is 2.19. The quantitative estimate of drug-likeness (QED) is 0.785. The van der Waals surface area contributed by atoms with Crippen LogP contribution in [0.25, 0.3) is 11.6 Å². The van der Waals surface area contributed by atoms with Crippen molar-refractivity contribution in [2.75, 3.05) is 6.54 Å². The Morgan fingerprint density at radius 1 is 1.28 bits per heavy atom. The van der Waals surface area contributed by atoms with E-state index in [2.05, 4.69) is 20.5 Å². The van der Waals surface area contributed by atoms with Crippen LogP contribution in [0.3, 0.4) is 0 Å². The summed E-state index contributed by atoms with van der Waals surface area (Å²) in [6.07, 6.45) is 6.22. The lowest BCUT2D eigenvalue weighted by atomic mass is 10.3. The summed E-state index contributed by atoms with van der Waals surface area (Å²) in [7, 11) is 0. The van der Waals surface area contributed by atoms with Gasteiger partial charge in [-0.05, 0) is 37.9 Å². The molecule has 0 unspecified atom stereocenters. The molecule has 5 nitrogen and oxygen atoms in total. The molecule has 0 amide bonds. The van der Waals surface area contributed by atoms with Gasteiger partial charge >= 0.3 is 0 Å². The molecule has 1 N–H and O–H groups in total. The second-order valence-electron chi connectivity index (χ2n) is 4.55. The van der Waals surface area contributed by atoms with Gasteiger partial charge in [0.25, 0.3) is 5.89 Å². The van der Waals surface area contributed by atoms with Crippen LogP contribution in [0.5, 0.6) is 0 Å². The minimum Gasteiger partial charge on any atom is -0.419 e. The van der Waals surface area contributed by atoms with Crippen molar-refractivity contribution in [3.8, 4) is 11.6 Å². The number of hydrogen-bond acceptors (Lipinski definition) is 5. The van der Waals surface area contributed by atoms with Crippen molar-refractivity contribution >= 4 is 0 Å². The molecule has 1 aliphatic carbocycles. The lowest BCUT2D eigenvalue weighted by Crippen LogP contribution is -2.17. The average Bonchev–Trinajstić information content (AvgIpc) is 3.12. The number of pyridine rings is 1. The molecule has 0 saturated heterocycles. The fourth-order valence-corrected chi connectivity index (χ4v) is 1.78. The first-order valence-electron chi connectivity index (χ1n) is 6.39. The van der Waals surface area contributed by atoms with Gasteiger partial charge in [0.15, 0.2) is 0 Å². The smallest absolute Gasteiger partial charge is 0.266 e. The van der Waals surface area contributed by atoms with Crippen LogP contribution in [-0.4, -0.2) is 27.8 Å². The van der Waals surface area contributed by atoms with E-state index < -0.39 is 0 Å². The molecule has 1 aliphatic rings. The second-order valence-corrected chi connectivity index (χ2v) is 4.55. The van der Waals surface area contributed by atoms with Crippen LogP contribution >= 0.6 is 0 Å². The molecule has 0 spiro atoms. The molecule has 0 radical (unpaired) electrons. The van der Waals surface area contributed by atoms with Gasteiger partial charge in [-0.15, -0.1) is 10.2 Å². The van der Waals surface area contributed by atoms with Gasteiger partial charge in [-0.2, -0.15) is 0 Å². The summed E-state index contributed by atoms with van der Waals surface area (Å²) in [6, 6.07) is 6.40. The zero-order valence-corrected chi connectivity index (χ0v) is 10.2. The summed E-state index contributed by atoms with van der Waals surface area (Å²) < 4.78 is 5.58. The van der Waals surface area contributed by atoms with E-state index in [1.165, 1.54) is 12.8 Å². The molecule has 1 fully saturated rings. The van der Waals surface area contributed by atoms with E-state index in [4.69, 9.17) is 4.42 Å². The largest absolute Gasteiger partial charge is 0.419 e. The van der Waals surface area contributed by atoms with Gasteiger partial charge in [0, 0.05) is 18.7 Å². The third-order valence-corrected chi connectivity index (χ3v) is 2.93. The van der Waals surface area contributed by atoms with E-state index >= 15 is 0 Å². The zero-order chi connectivity index (χ0) is 12.2. The topological polar surface area (TPSA) is 63.8 Å². The van der Waals surface area contributed by atoms with E-state index in [1.54, 1.807) is 6.20 Å². The fraction of sp³-hybridized carbons (Fsp3) is 0.462. The van der Waals surface area contributed by atoms with E-state index in [9.17, 15) is 0 Å². The molecular weight excluding hydrogens is 228 g/mol. The third-order valence-electron chi connectivity index (χ3n) is 2.93. The standard InChI is InChI=1S/C13H16N4O/c1-2-8-15-11(4-1)13-17-16-12(18-13)5-3-9-14-10-6-7-10/h1-2,4,8,10,14H,3,5-7,9H2. The van der Waals surface area contributed by atoms with Crippen molar-refractivity contribution in [1.82, 2.24) is 20.5 Å². The summed E-state index contributed by atoms with van der Waals surface area (Å²) >= 11 is 0. The molecule has 5 heteroatoms. The number of hydrogen-bond donors (Lipinski definition) is 1. The maximum Gasteiger partial charge on any atom is 0.266 e. The van der Waals surface area contributed by atoms with Crippen molar-refractivity contribution in [2.45, 2.75) is 31.7 Å². The average molecular weight is 244 g/mol. The van der Waals surface area contributed by atoms with Crippen LogP contribution in [0.1, 0.15) is 25.2 Å². The molecule has 0 bridgehead atoms. The Balaban J connectivity index is 1.52. The van der Waals surface area contributed by atoms with Crippen LogP contribution in [0, 0.1) is 0 Å². The highest BCUT2D eigenvalue weighted by atomic mass is 16.4. The number of nitrogens with one attached hydrogen (secondary N) is 1. The van der Waals surface area contributed by atoms with Crippen LogP contribution in [0.4, 0.5) is 0 Å². The Bertz CT molecular complexity index is 493. The van der Waals surface area contributed by atoms with E-state index in [1.807, 2.05) is 18.2 Å². The Hall–Kier alpha value is -1.75. The Kier molecular flexibility index (Phi) is 3.32. The molecule has 1 saturated carbocycles. The van der Waals surface area contributed by atoms with E-state index in [0.717, 1.165) is 31.1 Å². The van der Waals surface area contributed by atoms with E-state index in [0.29, 0.717) is 11.8 Å². The highest BCUT2D eigenvalue weighted by molar-refractivity contribution is 5.44. The molecule has 2 aromatic rings. The maximum absolute atomic E-state index is 5.58. The maximum atomic E-state index is 5.58. The number of rotatable bonds is 6. The first-order valence-corrected chi connectivity index (χ1v) is 6.39. The fourth-order valence-electron chi connectivity index (χ4n) is 1.78. The molecule has 2 aromatic heterocycles. The molecule has 0 aliphatic heterocycles. The Labute approximate surface area is 106 Å². The van der Waals surface area contributed by atoms with Crippen LogP contribution < -0.4 is 5.32 Å².